The Kier molecular flexibility index (Phi) is 5.31. The summed E-state index contributed by atoms with van der Waals surface area (Å²) >= 11 is 0. The second-order valence-corrected chi connectivity index (χ2v) is 12.0. The van der Waals surface area contributed by atoms with E-state index in [0.29, 0.717) is 0 Å². The molecule has 0 N–H and O–H groups in total. The minimum Gasteiger partial charge on any atom is -0.456 e. The van der Waals surface area contributed by atoms with E-state index in [-0.39, 0.29) is 0 Å². The van der Waals surface area contributed by atoms with Crippen LogP contribution < -0.4 is 0 Å². The molecule has 0 atom stereocenters. The number of nitrogens with zero attached hydrogens (tertiary/aromatic N) is 1. The quantitative estimate of drug-likeness (QED) is 0.189. The van der Waals surface area contributed by atoms with E-state index in [0.717, 1.165) is 22.2 Å². The average molecular weight is 586 g/mol. The van der Waals surface area contributed by atoms with Gasteiger partial charge in [-0.25, -0.2) is 0 Å². The number of benzene rings is 8. The highest BCUT2D eigenvalue weighted by Crippen LogP contribution is 2.46. The monoisotopic (exact) mass is 585 g/mol. The van der Waals surface area contributed by atoms with Gasteiger partial charge in [-0.15, -0.1) is 0 Å². The van der Waals surface area contributed by atoms with Crippen molar-refractivity contribution in [1.29, 1.82) is 0 Å². The fourth-order valence-corrected chi connectivity index (χ4v) is 7.69. The van der Waals surface area contributed by atoms with Gasteiger partial charge in [0, 0.05) is 27.2 Å². The first-order chi connectivity index (χ1) is 22.8. The van der Waals surface area contributed by atoms with Crippen molar-refractivity contribution in [2.45, 2.75) is 0 Å². The van der Waals surface area contributed by atoms with E-state index < -0.39 is 0 Å². The molecule has 2 heterocycles. The Bertz CT molecular complexity index is 2730. The van der Waals surface area contributed by atoms with Gasteiger partial charge in [0.2, 0.25) is 0 Å². The van der Waals surface area contributed by atoms with Crippen LogP contribution in [0.2, 0.25) is 0 Å². The van der Waals surface area contributed by atoms with Crippen LogP contribution in [0.1, 0.15) is 0 Å². The molecule has 46 heavy (non-hydrogen) atoms. The number of furan rings is 1. The van der Waals surface area contributed by atoms with Crippen LogP contribution in [0.3, 0.4) is 0 Å². The second-order valence-electron chi connectivity index (χ2n) is 12.0. The third kappa shape index (κ3) is 3.53. The maximum absolute atomic E-state index is 6.40. The van der Waals surface area contributed by atoms with Gasteiger partial charge in [0.25, 0.3) is 0 Å². The Morgan fingerprint density at radius 2 is 0.891 bits per heavy atom. The predicted octanol–water partition coefficient (Wildman–Crippen LogP) is 12.3. The van der Waals surface area contributed by atoms with E-state index in [1.807, 2.05) is 6.07 Å². The summed E-state index contributed by atoms with van der Waals surface area (Å²) < 4.78 is 8.79. The van der Waals surface area contributed by atoms with Crippen LogP contribution in [-0.4, -0.2) is 4.57 Å². The number of hydrogen-bond acceptors (Lipinski definition) is 1. The number of rotatable bonds is 3. The van der Waals surface area contributed by atoms with Crippen molar-refractivity contribution in [3.05, 3.63) is 164 Å². The second kappa shape index (κ2) is 9.69. The molecule has 0 unspecified atom stereocenters. The van der Waals surface area contributed by atoms with Gasteiger partial charge in [-0.3, -0.25) is 0 Å². The molecule has 10 aromatic rings. The maximum atomic E-state index is 6.40. The summed E-state index contributed by atoms with van der Waals surface area (Å²) in [5.74, 6) is 0. The molecule has 0 saturated heterocycles. The van der Waals surface area contributed by atoms with Crippen LogP contribution >= 0.6 is 0 Å². The smallest absolute Gasteiger partial charge is 0.136 e. The Morgan fingerprint density at radius 3 is 1.57 bits per heavy atom. The van der Waals surface area contributed by atoms with E-state index in [2.05, 4.69) is 162 Å². The fourth-order valence-electron chi connectivity index (χ4n) is 7.69. The van der Waals surface area contributed by atoms with E-state index in [1.54, 1.807) is 0 Å². The molecule has 0 bridgehead atoms. The van der Waals surface area contributed by atoms with Crippen molar-refractivity contribution in [1.82, 2.24) is 4.57 Å². The van der Waals surface area contributed by atoms with Crippen LogP contribution in [-0.2, 0) is 0 Å². The number of hydrogen-bond donors (Lipinski definition) is 0. The van der Waals surface area contributed by atoms with Crippen LogP contribution in [0.5, 0.6) is 0 Å². The SMILES string of the molecule is c1ccc(-c2c3ccccc3c(-c3ccc4c(c3)c3c5c(ccc3n4-c3ccccc3)oc3ccccc35)c3ccccc23)cc1. The molecule has 10 rings (SSSR count). The normalized spacial score (nSPS) is 11.9. The van der Waals surface area contributed by atoms with Crippen molar-refractivity contribution in [3.8, 4) is 27.9 Å². The lowest BCUT2D eigenvalue weighted by molar-refractivity contribution is 0.669. The average Bonchev–Trinajstić information content (AvgIpc) is 3.66. The summed E-state index contributed by atoms with van der Waals surface area (Å²) in [6, 6.07) is 59.0. The highest BCUT2D eigenvalue weighted by atomic mass is 16.3. The largest absolute Gasteiger partial charge is 0.456 e. The highest BCUT2D eigenvalue weighted by Gasteiger charge is 2.21. The molecule has 0 aliphatic carbocycles. The third-order valence-electron chi connectivity index (χ3n) is 9.57. The molecule has 0 saturated carbocycles. The first-order valence-corrected chi connectivity index (χ1v) is 15.8. The van der Waals surface area contributed by atoms with Gasteiger partial charge in [0.1, 0.15) is 11.2 Å². The lowest BCUT2D eigenvalue weighted by atomic mass is 9.86. The zero-order valence-corrected chi connectivity index (χ0v) is 24.9. The topological polar surface area (TPSA) is 18.1 Å². The number of para-hydroxylation sites is 2. The van der Waals surface area contributed by atoms with Crippen molar-refractivity contribution in [2.75, 3.05) is 0 Å². The summed E-state index contributed by atoms with van der Waals surface area (Å²) in [5.41, 5.74) is 10.3. The van der Waals surface area contributed by atoms with Gasteiger partial charge in [-0.2, -0.15) is 0 Å². The Balaban J connectivity index is 1.37. The lowest BCUT2D eigenvalue weighted by Gasteiger charge is -2.18. The van der Waals surface area contributed by atoms with Crippen LogP contribution in [0.4, 0.5) is 0 Å². The zero-order valence-electron chi connectivity index (χ0n) is 24.9. The van der Waals surface area contributed by atoms with Gasteiger partial charge < -0.3 is 8.98 Å². The molecule has 0 aliphatic heterocycles. The molecule has 2 aromatic heterocycles. The lowest BCUT2D eigenvalue weighted by Crippen LogP contribution is -1.93. The van der Waals surface area contributed by atoms with Gasteiger partial charge in [-0.05, 0) is 86.3 Å². The predicted molar refractivity (Wildman–Crippen MR) is 194 cm³/mol. The molecule has 2 heteroatoms. The summed E-state index contributed by atoms with van der Waals surface area (Å²) in [6.07, 6.45) is 0. The van der Waals surface area contributed by atoms with Gasteiger partial charge in [-0.1, -0.05) is 121 Å². The van der Waals surface area contributed by atoms with Gasteiger partial charge in [0.15, 0.2) is 0 Å². The summed E-state index contributed by atoms with van der Waals surface area (Å²) in [7, 11) is 0. The zero-order chi connectivity index (χ0) is 30.2. The van der Waals surface area contributed by atoms with Crippen molar-refractivity contribution in [2.24, 2.45) is 0 Å². The number of fused-ring (bicyclic) bond motifs is 9. The Morgan fingerprint density at radius 1 is 0.348 bits per heavy atom. The fraction of sp³-hybridized carbons (Fsp3) is 0. The minimum atomic E-state index is 0.911. The van der Waals surface area contributed by atoms with Crippen molar-refractivity contribution in [3.63, 3.8) is 0 Å². The maximum Gasteiger partial charge on any atom is 0.136 e. The molecule has 214 valence electrons. The van der Waals surface area contributed by atoms with Gasteiger partial charge >= 0.3 is 0 Å². The highest BCUT2D eigenvalue weighted by molar-refractivity contribution is 6.28. The standard InChI is InChI=1S/C44H27NO/c1-3-13-28(14-4-1)41-31-17-7-9-19-33(31)42(34-20-10-8-18-32(34)41)29-23-24-37-36(27-29)43-38(45(37)30-15-5-2-6-16-30)25-26-40-44(43)35-21-11-12-22-39(35)46-40/h1-27H. The Labute approximate surface area is 265 Å². The molecule has 2 nitrogen and oxygen atoms in total. The molecule has 0 aliphatic rings. The molecular weight excluding hydrogens is 558 g/mol. The van der Waals surface area contributed by atoms with E-state index in [9.17, 15) is 0 Å². The first kappa shape index (κ1) is 25.2. The molecule has 0 amide bonds. The number of aromatic nitrogens is 1. The molecule has 8 aromatic carbocycles. The molecule has 0 radical (unpaired) electrons. The molecule has 0 spiro atoms. The van der Waals surface area contributed by atoms with Crippen molar-refractivity contribution < 1.29 is 4.42 Å². The third-order valence-corrected chi connectivity index (χ3v) is 9.57. The Hall–Kier alpha value is -6.12. The van der Waals surface area contributed by atoms with Gasteiger partial charge in [0.05, 0.1) is 11.0 Å². The molecular formula is C44H27NO. The van der Waals surface area contributed by atoms with E-state index in [1.165, 1.54) is 71.0 Å². The van der Waals surface area contributed by atoms with E-state index in [4.69, 9.17) is 4.42 Å². The summed E-state index contributed by atoms with van der Waals surface area (Å²) in [4.78, 5) is 0. The van der Waals surface area contributed by atoms with Crippen LogP contribution in [0.25, 0.3) is 93.2 Å². The van der Waals surface area contributed by atoms with E-state index >= 15 is 0 Å². The summed E-state index contributed by atoms with van der Waals surface area (Å²) in [5, 5.41) is 9.78. The van der Waals surface area contributed by atoms with Crippen molar-refractivity contribution >= 4 is 65.3 Å². The minimum absolute atomic E-state index is 0.911. The van der Waals surface area contributed by atoms with Crippen LogP contribution in [0.15, 0.2) is 168 Å². The van der Waals surface area contributed by atoms with Crippen LogP contribution in [0, 0.1) is 0 Å². The molecule has 0 fully saturated rings. The summed E-state index contributed by atoms with van der Waals surface area (Å²) in [6.45, 7) is 0. The first-order valence-electron chi connectivity index (χ1n) is 15.8.